The molecule has 0 fully saturated rings. The molecule has 0 aliphatic heterocycles. The fourth-order valence-electron chi connectivity index (χ4n) is 2.97. The minimum Gasteiger partial charge on any atom is -0.461 e. The lowest BCUT2D eigenvalue weighted by Gasteiger charge is -2.20. The van der Waals surface area contributed by atoms with E-state index in [1.165, 1.54) is 0 Å². The van der Waals surface area contributed by atoms with Crippen LogP contribution in [-0.2, 0) is 15.9 Å². The van der Waals surface area contributed by atoms with E-state index in [4.69, 9.17) is 32.7 Å². The lowest BCUT2D eigenvalue weighted by molar-refractivity contribution is 0.0497. The van der Waals surface area contributed by atoms with Crippen molar-refractivity contribution in [3.63, 3.8) is 0 Å². The Kier molecular flexibility index (Phi) is 8.77. The molecule has 1 atom stereocenters. The van der Waals surface area contributed by atoms with Crippen LogP contribution in [0, 0.1) is 0 Å². The highest BCUT2D eigenvalue weighted by Gasteiger charge is 2.21. The number of hydrogen-bond donors (Lipinski definition) is 1. The molecule has 0 aliphatic carbocycles. The number of nitrogens with one attached hydrogen (secondary N) is 1. The molecule has 2 rings (SSSR count). The van der Waals surface area contributed by atoms with Gasteiger partial charge >= 0.3 is 12.1 Å². The summed E-state index contributed by atoms with van der Waals surface area (Å²) in [6, 6.07) is 6.83. The van der Waals surface area contributed by atoms with E-state index in [1.54, 1.807) is 44.5 Å². The lowest BCUT2D eigenvalue weighted by Crippen LogP contribution is -2.33. The van der Waals surface area contributed by atoms with E-state index < -0.39 is 17.7 Å². The molecule has 1 aromatic heterocycles. The standard InChI is InChI=1S/C22H29Cl2N3O4/c1-6-30-20(28)19-13-18(11-15-9-16(23)12-17(24)10-15)26-27(19)14(2)7-8-25-21(29)31-22(3,4)5/h9-10,12-14H,6-8,11H2,1-5H3,(H,25,29). The minimum absolute atomic E-state index is 0.161. The largest absolute Gasteiger partial charge is 0.461 e. The zero-order chi connectivity index (χ0) is 23.2. The van der Waals surface area contributed by atoms with Crippen molar-refractivity contribution in [2.75, 3.05) is 13.2 Å². The highest BCUT2D eigenvalue weighted by atomic mass is 35.5. The quantitative estimate of drug-likeness (QED) is 0.520. The van der Waals surface area contributed by atoms with Crippen LogP contribution in [0.15, 0.2) is 24.3 Å². The number of esters is 1. The summed E-state index contributed by atoms with van der Waals surface area (Å²) in [7, 11) is 0. The molecule has 1 N–H and O–H groups in total. The van der Waals surface area contributed by atoms with Crippen LogP contribution in [0.25, 0.3) is 0 Å². The van der Waals surface area contributed by atoms with Gasteiger partial charge in [0.1, 0.15) is 11.3 Å². The molecule has 0 spiro atoms. The minimum atomic E-state index is -0.563. The van der Waals surface area contributed by atoms with Gasteiger partial charge in [0.15, 0.2) is 0 Å². The average Bonchev–Trinajstić information content (AvgIpc) is 3.03. The number of hydrogen-bond acceptors (Lipinski definition) is 5. The van der Waals surface area contributed by atoms with Gasteiger partial charge in [0.25, 0.3) is 0 Å². The predicted octanol–water partition coefficient (Wildman–Crippen LogP) is 5.43. The number of nitrogens with zero attached hydrogens (tertiary/aromatic N) is 2. The van der Waals surface area contributed by atoms with Gasteiger partial charge in [-0.25, -0.2) is 9.59 Å². The summed E-state index contributed by atoms with van der Waals surface area (Å²) in [4.78, 5) is 24.3. The third kappa shape index (κ3) is 8.07. The number of ether oxygens (including phenoxy) is 2. The molecule has 1 amide bonds. The summed E-state index contributed by atoms with van der Waals surface area (Å²) in [5.74, 6) is -0.447. The maximum absolute atomic E-state index is 12.5. The van der Waals surface area contributed by atoms with Gasteiger partial charge in [0.05, 0.1) is 18.3 Å². The molecule has 1 heterocycles. The summed E-state index contributed by atoms with van der Waals surface area (Å²) in [5, 5.41) is 8.41. The summed E-state index contributed by atoms with van der Waals surface area (Å²) in [5.41, 5.74) is 1.37. The molecular formula is C22H29Cl2N3O4. The normalized spacial score (nSPS) is 12.4. The third-order valence-electron chi connectivity index (χ3n) is 4.23. The smallest absolute Gasteiger partial charge is 0.407 e. The first-order valence-corrected chi connectivity index (χ1v) is 10.9. The van der Waals surface area contributed by atoms with Crippen molar-refractivity contribution < 1.29 is 19.1 Å². The molecular weight excluding hydrogens is 441 g/mol. The number of carbonyl (C=O) groups excluding carboxylic acids is 2. The van der Waals surface area contributed by atoms with Crippen LogP contribution in [0.1, 0.15) is 68.8 Å². The third-order valence-corrected chi connectivity index (χ3v) is 4.66. The molecule has 170 valence electrons. The Morgan fingerprint density at radius 2 is 1.81 bits per heavy atom. The Hall–Kier alpha value is -2.25. The maximum atomic E-state index is 12.5. The molecule has 1 aromatic carbocycles. The molecule has 7 nitrogen and oxygen atoms in total. The highest BCUT2D eigenvalue weighted by molar-refractivity contribution is 6.34. The Labute approximate surface area is 193 Å². The van der Waals surface area contributed by atoms with Crippen molar-refractivity contribution >= 4 is 35.3 Å². The number of benzene rings is 1. The molecule has 0 aliphatic rings. The molecule has 9 heteroatoms. The number of amides is 1. The fourth-order valence-corrected chi connectivity index (χ4v) is 3.54. The second-order valence-electron chi connectivity index (χ2n) is 8.21. The van der Waals surface area contributed by atoms with Crippen molar-refractivity contribution in [2.45, 2.75) is 59.1 Å². The SMILES string of the molecule is CCOC(=O)c1cc(Cc2cc(Cl)cc(Cl)c2)nn1C(C)CCNC(=O)OC(C)(C)C. The van der Waals surface area contributed by atoms with Gasteiger partial charge in [0, 0.05) is 23.0 Å². The lowest BCUT2D eigenvalue weighted by atomic mass is 10.1. The van der Waals surface area contributed by atoms with Gasteiger partial charge in [-0.2, -0.15) is 5.10 Å². The van der Waals surface area contributed by atoms with E-state index in [2.05, 4.69) is 10.4 Å². The van der Waals surface area contributed by atoms with Crippen LogP contribution < -0.4 is 5.32 Å². The Bertz CT molecular complexity index is 902. The summed E-state index contributed by atoms with van der Waals surface area (Å²) >= 11 is 12.2. The molecule has 0 bridgehead atoms. The number of alkyl carbamates (subject to hydrolysis) is 1. The van der Waals surface area contributed by atoms with Crippen LogP contribution in [0.2, 0.25) is 10.0 Å². The van der Waals surface area contributed by atoms with Crippen molar-refractivity contribution in [2.24, 2.45) is 0 Å². The van der Waals surface area contributed by atoms with E-state index in [1.807, 2.05) is 19.1 Å². The van der Waals surface area contributed by atoms with Gasteiger partial charge in [-0.3, -0.25) is 4.68 Å². The number of rotatable bonds is 8. The van der Waals surface area contributed by atoms with Crippen molar-refractivity contribution in [3.8, 4) is 0 Å². The van der Waals surface area contributed by atoms with Crippen LogP contribution in [0.5, 0.6) is 0 Å². The van der Waals surface area contributed by atoms with Crippen LogP contribution >= 0.6 is 23.2 Å². The van der Waals surface area contributed by atoms with Crippen LogP contribution in [0.3, 0.4) is 0 Å². The monoisotopic (exact) mass is 469 g/mol. The van der Waals surface area contributed by atoms with E-state index in [9.17, 15) is 9.59 Å². The average molecular weight is 470 g/mol. The van der Waals surface area contributed by atoms with Crippen molar-refractivity contribution in [3.05, 3.63) is 51.3 Å². The first-order chi connectivity index (χ1) is 14.5. The predicted molar refractivity (Wildman–Crippen MR) is 121 cm³/mol. The summed E-state index contributed by atoms with van der Waals surface area (Å²) < 4.78 is 12.1. The summed E-state index contributed by atoms with van der Waals surface area (Å²) in [6.45, 7) is 9.72. The van der Waals surface area contributed by atoms with Gasteiger partial charge in [0.2, 0.25) is 0 Å². The van der Waals surface area contributed by atoms with E-state index >= 15 is 0 Å². The Balaban J connectivity index is 2.14. The molecule has 1 unspecified atom stereocenters. The van der Waals surface area contributed by atoms with Crippen LogP contribution in [0.4, 0.5) is 4.79 Å². The molecule has 0 saturated carbocycles. The second kappa shape index (κ2) is 10.9. The maximum Gasteiger partial charge on any atom is 0.407 e. The van der Waals surface area contributed by atoms with E-state index in [-0.39, 0.29) is 12.6 Å². The number of aromatic nitrogens is 2. The highest BCUT2D eigenvalue weighted by Crippen LogP contribution is 2.23. The van der Waals surface area contributed by atoms with Crippen LogP contribution in [-0.4, -0.2) is 40.6 Å². The number of carbonyl (C=O) groups is 2. The second-order valence-corrected chi connectivity index (χ2v) is 9.08. The van der Waals surface area contributed by atoms with Gasteiger partial charge < -0.3 is 14.8 Å². The molecule has 2 aromatic rings. The Morgan fingerprint density at radius 1 is 1.16 bits per heavy atom. The zero-order valence-electron chi connectivity index (χ0n) is 18.5. The Morgan fingerprint density at radius 3 is 2.39 bits per heavy atom. The molecule has 0 saturated heterocycles. The zero-order valence-corrected chi connectivity index (χ0v) is 20.0. The van der Waals surface area contributed by atoms with E-state index in [0.29, 0.717) is 40.8 Å². The topological polar surface area (TPSA) is 82.5 Å². The fraction of sp³-hybridized carbons (Fsp3) is 0.500. The summed E-state index contributed by atoms with van der Waals surface area (Å²) in [6.07, 6.45) is 0.530. The van der Waals surface area contributed by atoms with Gasteiger partial charge in [-0.15, -0.1) is 0 Å². The van der Waals surface area contributed by atoms with Gasteiger partial charge in [-0.05, 0) is 70.9 Å². The van der Waals surface area contributed by atoms with Gasteiger partial charge in [-0.1, -0.05) is 23.2 Å². The van der Waals surface area contributed by atoms with E-state index in [0.717, 1.165) is 5.56 Å². The van der Waals surface area contributed by atoms with Crippen molar-refractivity contribution in [1.82, 2.24) is 15.1 Å². The number of halogens is 2. The molecule has 0 radical (unpaired) electrons. The van der Waals surface area contributed by atoms with Crippen molar-refractivity contribution in [1.29, 1.82) is 0 Å². The first-order valence-electron chi connectivity index (χ1n) is 10.2. The first kappa shape index (κ1) is 25.0. The molecule has 31 heavy (non-hydrogen) atoms.